The molecule has 0 amide bonds. The second kappa shape index (κ2) is 63.1. The Kier molecular flexibility index (Phi) is 60.3. The van der Waals surface area contributed by atoms with Crippen LogP contribution in [0.15, 0.2) is 85.1 Å². The first kappa shape index (κ1) is 71.6. The first-order chi connectivity index (χ1) is 37.0. The molecule has 0 fully saturated rings. The van der Waals surface area contributed by atoms with Crippen LogP contribution in [0.5, 0.6) is 0 Å². The molecule has 0 heterocycles. The van der Waals surface area contributed by atoms with E-state index in [2.05, 4.69) is 106 Å². The van der Waals surface area contributed by atoms with Gasteiger partial charge in [0.25, 0.3) is 0 Å². The number of ether oxygens (including phenoxy) is 3. The Morgan fingerprint density at radius 3 is 0.813 bits per heavy atom. The van der Waals surface area contributed by atoms with Crippen molar-refractivity contribution >= 4 is 17.9 Å². The molecule has 0 N–H and O–H groups in total. The van der Waals surface area contributed by atoms with E-state index in [0.717, 1.165) is 109 Å². The molecule has 6 nitrogen and oxygen atoms in total. The zero-order chi connectivity index (χ0) is 54.3. The molecule has 6 heteroatoms. The van der Waals surface area contributed by atoms with E-state index in [4.69, 9.17) is 14.2 Å². The molecule has 0 spiro atoms. The summed E-state index contributed by atoms with van der Waals surface area (Å²) in [5, 5.41) is 0. The fourth-order valence-corrected chi connectivity index (χ4v) is 9.09. The monoisotopic (exact) mass is 1040 g/mol. The number of hydrogen-bond donors (Lipinski definition) is 0. The van der Waals surface area contributed by atoms with Gasteiger partial charge in [0.1, 0.15) is 13.2 Å². The van der Waals surface area contributed by atoms with Crippen molar-refractivity contribution in [3.8, 4) is 0 Å². The van der Waals surface area contributed by atoms with Gasteiger partial charge in [-0.1, -0.05) is 286 Å². The highest BCUT2D eigenvalue weighted by Crippen LogP contribution is 2.16. The molecule has 0 aliphatic rings. The zero-order valence-corrected chi connectivity index (χ0v) is 49.6. The van der Waals surface area contributed by atoms with Crippen molar-refractivity contribution < 1.29 is 28.6 Å². The molecule has 1 atom stereocenters. The second-order valence-electron chi connectivity index (χ2n) is 21.3. The van der Waals surface area contributed by atoms with Gasteiger partial charge in [-0.05, 0) is 96.3 Å². The summed E-state index contributed by atoms with van der Waals surface area (Å²) in [6, 6.07) is 0. The van der Waals surface area contributed by atoms with Crippen molar-refractivity contribution in [1.29, 1.82) is 0 Å². The molecule has 0 saturated heterocycles. The van der Waals surface area contributed by atoms with Gasteiger partial charge in [-0.25, -0.2) is 0 Å². The Labute approximate surface area is 465 Å². The number of allylic oxidation sites excluding steroid dienone is 14. The number of carbonyl (C=O) groups is 3. The molecule has 0 rings (SSSR count). The van der Waals surface area contributed by atoms with Crippen molar-refractivity contribution in [1.82, 2.24) is 0 Å². The first-order valence-electron chi connectivity index (χ1n) is 32.1. The fraction of sp³-hybridized carbons (Fsp3) is 0.754. The molecule has 0 saturated carbocycles. The van der Waals surface area contributed by atoms with Crippen LogP contribution >= 0.6 is 0 Å². The third-order valence-electron chi connectivity index (χ3n) is 13.9. The van der Waals surface area contributed by atoms with E-state index < -0.39 is 6.10 Å². The highest BCUT2D eigenvalue weighted by atomic mass is 16.6. The quantitative estimate of drug-likeness (QED) is 0.0261. The molecule has 1 unspecified atom stereocenters. The van der Waals surface area contributed by atoms with E-state index in [1.165, 1.54) is 167 Å². The van der Waals surface area contributed by atoms with E-state index >= 15 is 0 Å². The SMILES string of the molecule is CC/C=C\C/C=C\C/C=C\C/C=C\CCCCCCCCCCCCCCCCC(=O)OCC(COC(=O)CCCCCCCCCCC)OC(=O)CCCCCCCC/C=C\C/C=C\C/C=C\CCCCCCC. The zero-order valence-electron chi connectivity index (χ0n) is 49.6. The summed E-state index contributed by atoms with van der Waals surface area (Å²) in [6.07, 6.45) is 83.1. The van der Waals surface area contributed by atoms with E-state index in [-0.39, 0.29) is 31.1 Å². The molecule has 75 heavy (non-hydrogen) atoms. The number of hydrogen-bond acceptors (Lipinski definition) is 6. The standard InChI is InChI=1S/C69H120O6/c1-4-7-10-13-16-19-21-23-25-27-29-31-32-33-34-35-36-38-39-41-43-45-47-50-53-56-59-62-68(71)74-65-66(64-73-67(70)61-58-55-52-49-18-15-12-9-6-3)75-69(72)63-60-57-54-51-48-46-44-42-40-37-30-28-26-24-22-20-17-14-11-8-5-2/h7,10,16,19,22-25,28-31,40,42,66H,4-6,8-9,11-15,17-18,20-21,26-27,32-39,41,43-65H2,1-3H3/b10-7-,19-16-,24-22-,25-23-,30-28-,31-29-,42-40-. The maximum Gasteiger partial charge on any atom is 0.306 e. The largest absolute Gasteiger partial charge is 0.462 e. The lowest BCUT2D eigenvalue weighted by Gasteiger charge is -2.18. The Morgan fingerprint density at radius 2 is 0.520 bits per heavy atom. The second-order valence-corrected chi connectivity index (χ2v) is 21.3. The summed E-state index contributed by atoms with van der Waals surface area (Å²) in [6.45, 7) is 6.51. The number of unbranched alkanes of at least 4 members (excludes halogenated alkanes) is 33. The van der Waals surface area contributed by atoms with Crippen LogP contribution in [0, 0.1) is 0 Å². The lowest BCUT2D eigenvalue weighted by atomic mass is 10.0. The van der Waals surface area contributed by atoms with Crippen LogP contribution in [0.3, 0.4) is 0 Å². The van der Waals surface area contributed by atoms with Gasteiger partial charge < -0.3 is 14.2 Å². The van der Waals surface area contributed by atoms with Crippen molar-refractivity contribution in [2.45, 2.75) is 322 Å². The molecule has 0 aromatic rings. The van der Waals surface area contributed by atoms with E-state index in [0.29, 0.717) is 19.3 Å². The Hall–Kier alpha value is -3.41. The normalized spacial score (nSPS) is 12.6. The van der Waals surface area contributed by atoms with Crippen LogP contribution in [0.4, 0.5) is 0 Å². The summed E-state index contributed by atoms with van der Waals surface area (Å²) < 4.78 is 16.9. The summed E-state index contributed by atoms with van der Waals surface area (Å²) in [7, 11) is 0. The van der Waals surface area contributed by atoms with Crippen molar-refractivity contribution in [3.05, 3.63) is 85.1 Å². The van der Waals surface area contributed by atoms with Crippen molar-refractivity contribution in [2.75, 3.05) is 13.2 Å². The maximum absolute atomic E-state index is 12.9. The predicted octanol–water partition coefficient (Wildman–Crippen LogP) is 21.9. The molecule has 0 aliphatic carbocycles. The first-order valence-corrected chi connectivity index (χ1v) is 32.1. The summed E-state index contributed by atoms with van der Waals surface area (Å²) in [5.41, 5.74) is 0. The molecule has 0 aromatic heterocycles. The molecule has 0 aliphatic heterocycles. The van der Waals surface area contributed by atoms with Gasteiger partial charge in [-0.3, -0.25) is 14.4 Å². The Morgan fingerprint density at radius 1 is 0.280 bits per heavy atom. The highest BCUT2D eigenvalue weighted by molar-refractivity contribution is 5.71. The fourth-order valence-electron chi connectivity index (χ4n) is 9.09. The lowest BCUT2D eigenvalue weighted by molar-refractivity contribution is -0.167. The van der Waals surface area contributed by atoms with Crippen molar-refractivity contribution in [2.24, 2.45) is 0 Å². The minimum absolute atomic E-state index is 0.0789. The van der Waals surface area contributed by atoms with E-state index in [1.54, 1.807) is 0 Å². The third kappa shape index (κ3) is 61.3. The third-order valence-corrected chi connectivity index (χ3v) is 13.9. The smallest absolute Gasteiger partial charge is 0.306 e. The van der Waals surface area contributed by atoms with Gasteiger partial charge in [-0.15, -0.1) is 0 Å². The summed E-state index contributed by atoms with van der Waals surface area (Å²) in [5.74, 6) is -0.883. The van der Waals surface area contributed by atoms with Gasteiger partial charge in [-0.2, -0.15) is 0 Å². The van der Waals surface area contributed by atoms with Gasteiger partial charge in [0.05, 0.1) is 0 Å². The molecular weight excluding hydrogens is 925 g/mol. The number of esters is 3. The van der Waals surface area contributed by atoms with Gasteiger partial charge in [0.15, 0.2) is 6.10 Å². The van der Waals surface area contributed by atoms with Crippen LogP contribution in [0.1, 0.15) is 316 Å². The van der Waals surface area contributed by atoms with Crippen LogP contribution in [-0.4, -0.2) is 37.2 Å². The van der Waals surface area contributed by atoms with Crippen LogP contribution < -0.4 is 0 Å². The summed E-state index contributed by atoms with van der Waals surface area (Å²) in [4.78, 5) is 38.2. The summed E-state index contributed by atoms with van der Waals surface area (Å²) >= 11 is 0. The van der Waals surface area contributed by atoms with Gasteiger partial charge in [0.2, 0.25) is 0 Å². The Bertz CT molecular complexity index is 1430. The lowest BCUT2D eigenvalue weighted by Crippen LogP contribution is -2.30. The molecule has 432 valence electrons. The minimum atomic E-state index is -0.782. The molecular formula is C69H120O6. The topological polar surface area (TPSA) is 78.9 Å². The highest BCUT2D eigenvalue weighted by Gasteiger charge is 2.19. The number of carbonyl (C=O) groups excluding carboxylic acids is 3. The van der Waals surface area contributed by atoms with Gasteiger partial charge >= 0.3 is 17.9 Å². The average Bonchev–Trinajstić information content (AvgIpc) is 3.41. The maximum atomic E-state index is 12.9. The Balaban J connectivity index is 4.21. The van der Waals surface area contributed by atoms with E-state index in [9.17, 15) is 14.4 Å². The molecule has 0 radical (unpaired) electrons. The average molecular weight is 1050 g/mol. The predicted molar refractivity (Wildman–Crippen MR) is 325 cm³/mol. The number of rotatable bonds is 58. The van der Waals surface area contributed by atoms with Crippen LogP contribution in [-0.2, 0) is 28.6 Å². The van der Waals surface area contributed by atoms with Gasteiger partial charge in [0, 0.05) is 19.3 Å². The van der Waals surface area contributed by atoms with Crippen LogP contribution in [0.25, 0.3) is 0 Å². The minimum Gasteiger partial charge on any atom is -0.462 e. The van der Waals surface area contributed by atoms with Crippen LogP contribution in [0.2, 0.25) is 0 Å². The van der Waals surface area contributed by atoms with E-state index in [1.807, 2.05) is 0 Å². The van der Waals surface area contributed by atoms with Crippen molar-refractivity contribution in [3.63, 3.8) is 0 Å². The molecule has 0 bridgehead atoms. The molecule has 0 aromatic carbocycles.